The van der Waals surface area contributed by atoms with Gasteiger partial charge in [0.25, 0.3) is 5.91 Å². The van der Waals surface area contributed by atoms with Crippen LogP contribution >= 0.6 is 0 Å². The second kappa shape index (κ2) is 4.91. The minimum Gasteiger partial charge on any atom is -0.497 e. The van der Waals surface area contributed by atoms with Crippen molar-refractivity contribution in [1.29, 1.82) is 0 Å². The first kappa shape index (κ1) is 10.9. The molecule has 2 N–H and O–H groups in total. The van der Waals surface area contributed by atoms with Crippen LogP contribution in [0.5, 0.6) is 11.5 Å². The predicted octanol–water partition coefficient (Wildman–Crippen LogP) is 0.541. The molecule has 1 aromatic carbocycles. The van der Waals surface area contributed by atoms with E-state index >= 15 is 0 Å². The van der Waals surface area contributed by atoms with Gasteiger partial charge in [-0.25, -0.2) is 0 Å². The number of methoxy groups -OCH3 is 2. The van der Waals surface area contributed by atoms with Crippen LogP contribution in [0.4, 0.5) is 0 Å². The van der Waals surface area contributed by atoms with Gasteiger partial charge in [0.2, 0.25) is 0 Å². The Labute approximate surface area is 88.0 Å². The summed E-state index contributed by atoms with van der Waals surface area (Å²) in [7, 11) is 3.08. The van der Waals surface area contributed by atoms with Crippen LogP contribution in [0, 0.1) is 11.8 Å². The zero-order valence-electron chi connectivity index (χ0n) is 8.53. The maximum atomic E-state index is 10.5. The molecule has 0 aliphatic heterocycles. The Morgan fingerprint density at radius 1 is 1.20 bits per heavy atom. The lowest BCUT2D eigenvalue weighted by Gasteiger charge is -2.04. The Bertz CT molecular complexity index is 407. The van der Waals surface area contributed by atoms with Crippen molar-refractivity contribution in [2.24, 2.45) is 5.73 Å². The lowest BCUT2D eigenvalue weighted by molar-refractivity contribution is -0.112. The first-order valence-electron chi connectivity index (χ1n) is 4.20. The molecule has 4 nitrogen and oxygen atoms in total. The molecule has 4 heteroatoms. The van der Waals surface area contributed by atoms with Crippen LogP contribution in [-0.4, -0.2) is 20.1 Å². The molecular weight excluding hydrogens is 194 g/mol. The topological polar surface area (TPSA) is 61.5 Å². The number of primary amides is 1. The molecule has 0 aromatic heterocycles. The molecule has 1 aromatic rings. The van der Waals surface area contributed by atoms with E-state index in [4.69, 9.17) is 15.2 Å². The summed E-state index contributed by atoms with van der Waals surface area (Å²) in [5.41, 5.74) is 5.52. The maximum absolute atomic E-state index is 10.5. The molecule has 0 heterocycles. The summed E-state index contributed by atoms with van der Waals surface area (Å²) in [6, 6.07) is 5.10. The third-order valence-corrected chi connectivity index (χ3v) is 1.68. The molecule has 0 aliphatic rings. The Morgan fingerprint density at radius 3 is 2.13 bits per heavy atom. The quantitative estimate of drug-likeness (QED) is 0.717. The average Bonchev–Trinajstić information content (AvgIpc) is 2.25. The van der Waals surface area contributed by atoms with Crippen molar-refractivity contribution >= 4 is 5.91 Å². The number of rotatable bonds is 2. The minimum absolute atomic E-state index is 0.614. The molecule has 0 radical (unpaired) electrons. The third-order valence-electron chi connectivity index (χ3n) is 1.68. The van der Waals surface area contributed by atoms with Gasteiger partial charge in [0.1, 0.15) is 11.5 Å². The van der Waals surface area contributed by atoms with E-state index in [9.17, 15) is 4.79 Å². The minimum atomic E-state index is -0.670. The summed E-state index contributed by atoms with van der Waals surface area (Å²) < 4.78 is 10.1. The fourth-order valence-corrected chi connectivity index (χ4v) is 1.01. The highest BCUT2D eigenvalue weighted by Gasteiger charge is 1.99. The second-order valence-electron chi connectivity index (χ2n) is 2.72. The lowest BCUT2D eigenvalue weighted by atomic mass is 10.2. The summed E-state index contributed by atoms with van der Waals surface area (Å²) in [5.74, 6) is 5.41. The normalized spacial score (nSPS) is 8.67. The zero-order valence-corrected chi connectivity index (χ0v) is 8.53. The van der Waals surface area contributed by atoms with Gasteiger partial charge in [-0.15, -0.1) is 0 Å². The summed E-state index contributed by atoms with van der Waals surface area (Å²) in [6.07, 6.45) is 0. The molecule has 0 saturated heterocycles. The fourth-order valence-electron chi connectivity index (χ4n) is 1.01. The van der Waals surface area contributed by atoms with Crippen molar-refractivity contribution in [2.45, 2.75) is 0 Å². The molecule has 0 fully saturated rings. The van der Waals surface area contributed by atoms with Crippen molar-refractivity contribution in [1.82, 2.24) is 0 Å². The van der Waals surface area contributed by atoms with Crippen LogP contribution < -0.4 is 15.2 Å². The van der Waals surface area contributed by atoms with E-state index in [2.05, 4.69) is 11.8 Å². The Kier molecular flexibility index (Phi) is 3.58. The Balaban J connectivity index is 3.08. The van der Waals surface area contributed by atoms with Gasteiger partial charge in [0.15, 0.2) is 0 Å². The van der Waals surface area contributed by atoms with Crippen LogP contribution in [-0.2, 0) is 4.79 Å². The summed E-state index contributed by atoms with van der Waals surface area (Å²) in [5, 5.41) is 0. The number of carbonyl (C=O) groups excluding carboxylic acids is 1. The standard InChI is InChI=1S/C11H11NO3/c1-14-9-5-8(3-4-11(12)13)6-10(7-9)15-2/h5-7H,1-2H3,(H2,12,13). The van der Waals surface area contributed by atoms with Crippen LogP contribution in [0.1, 0.15) is 5.56 Å². The number of benzene rings is 1. The zero-order chi connectivity index (χ0) is 11.3. The molecular formula is C11H11NO3. The van der Waals surface area contributed by atoms with E-state index in [1.807, 2.05) is 0 Å². The molecule has 0 aliphatic carbocycles. The number of carbonyl (C=O) groups is 1. The molecule has 0 unspecified atom stereocenters. The second-order valence-corrected chi connectivity index (χ2v) is 2.72. The number of ether oxygens (including phenoxy) is 2. The molecule has 1 amide bonds. The highest BCUT2D eigenvalue weighted by atomic mass is 16.5. The number of nitrogens with two attached hydrogens (primary N) is 1. The highest BCUT2D eigenvalue weighted by Crippen LogP contribution is 2.21. The third kappa shape index (κ3) is 3.24. The van der Waals surface area contributed by atoms with Crippen LogP contribution in [0.2, 0.25) is 0 Å². The van der Waals surface area contributed by atoms with Crippen LogP contribution in [0.15, 0.2) is 18.2 Å². The van der Waals surface area contributed by atoms with E-state index in [1.165, 1.54) is 0 Å². The van der Waals surface area contributed by atoms with Gasteiger partial charge in [-0.3, -0.25) is 4.79 Å². The Morgan fingerprint density at radius 2 is 1.73 bits per heavy atom. The number of hydrogen-bond donors (Lipinski definition) is 1. The largest absolute Gasteiger partial charge is 0.497 e. The molecule has 0 bridgehead atoms. The van der Waals surface area contributed by atoms with Gasteiger partial charge in [0, 0.05) is 11.6 Å². The van der Waals surface area contributed by atoms with Gasteiger partial charge in [0.05, 0.1) is 14.2 Å². The van der Waals surface area contributed by atoms with E-state index in [0.29, 0.717) is 17.1 Å². The molecule has 78 valence electrons. The van der Waals surface area contributed by atoms with E-state index in [-0.39, 0.29) is 0 Å². The van der Waals surface area contributed by atoms with Crippen molar-refractivity contribution in [2.75, 3.05) is 14.2 Å². The molecule has 1 rings (SSSR count). The number of hydrogen-bond acceptors (Lipinski definition) is 3. The molecule has 15 heavy (non-hydrogen) atoms. The molecule has 0 atom stereocenters. The summed E-state index contributed by atoms with van der Waals surface area (Å²) in [4.78, 5) is 10.5. The van der Waals surface area contributed by atoms with Crippen LogP contribution in [0.25, 0.3) is 0 Å². The SMILES string of the molecule is COc1cc(C#CC(N)=O)cc(OC)c1. The van der Waals surface area contributed by atoms with Crippen molar-refractivity contribution in [3.63, 3.8) is 0 Å². The summed E-state index contributed by atoms with van der Waals surface area (Å²) in [6.45, 7) is 0. The van der Waals surface area contributed by atoms with E-state index in [1.54, 1.807) is 32.4 Å². The first-order chi connectivity index (χ1) is 7.15. The highest BCUT2D eigenvalue weighted by molar-refractivity contribution is 5.92. The van der Waals surface area contributed by atoms with E-state index < -0.39 is 5.91 Å². The Hall–Kier alpha value is -2.15. The first-order valence-corrected chi connectivity index (χ1v) is 4.20. The van der Waals surface area contributed by atoms with Gasteiger partial charge in [-0.05, 0) is 18.1 Å². The maximum Gasteiger partial charge on any atom is 0.293 e. The van der Waals surface area contributed by atoms with Crippen LogP contribution in [0.3, 0.4) is 0 Å². The average molecular weight is 205 g/mol. The van der Waals surface area contributed by atoms with Gasteiger partial charge in [-0.1, -0.05) is 5.92 Å². The van der Waals surface area contributed by atoms with E-state index in [0.717, 1.165) is 0 Å². The number of amides is 1. The van der Waals surface area contributed by atoms with Gasteiger partial charge < -0.3 is 15.2 Å². The van der Waals surface area contributed by atoms with Crippen molar-refractivity contribution in [3.8, 4) is 23.3 Å². The van der Waals surface area contributed by atoms with Gasteiger partial charge >= 0.3 is 0 Å². The monoisotopic (exact) mass is 205 g/mol. The molecule has 0 saturated carbocycles. The predicted molar refractivity (Wildman–Crippen MR) is 55.6 cm³/mol. The van der Waals surface area contributed by atoms with Crippen molar-refractivity contribution in [3.05, 3.63) is 23.8 Å². The fraction of sp³-hybridized carbons (Fsp3) is 0.182. The lowest BCUT2D eigenvalue weighted by Crippen LogP contribution is -2.06. The van der Waals surface area contributed by atoms with Crippen molar-refractivity contribution < 1.29 is 14.3 Å². The smallest absolute Gasteiger partial charge is 0.293 e. The summed E-state index contributed by atoms with van der Waals surface area (Å²) >= 11 is 0. The molecule has 0 spiro atoms. The van der Waals surface area contributed by atoms with Gasteiger partial charge in [-0.2, -0.15) is 0 Å².